The zero-order chi connectivity index (χ0) is 14.3. The van der Waals surface area contributed by atoms with Gasteiger partial charge in [-0.2, -0.15) is 0 Å². The van der Waals surface area contributed by atoms with E-state index < -0.39 is 5.97 Å². The van der Waals surface area contributed by atoms with Crippen molar-refractivity contribution in [2.45, 2.75) is 0 Å². The molecular weight excluding hydrogens is 250 g/mol. The van der Waals surface area contributed by atoms with Gasteiger partial charge in [-0.05, 0) is 12.1 Å². The van der Waals surface area contributed by atoms with Crippen LogP contribution in [0, 0.1) is 0 Å². The second-order valence-electron chi connectivity index (χ2n) is 3.85. The first-order valence-electron chi connectivity index (χ1n) is 5.65. The molecule has 1 aromatic heterocycles. The van der Waals surface area contributed by atoms with Crippen molar-refractivity contribution in [1.29, 1.82) is 0 Å². The molecule has 1 heterocycles. The fourth-order valence-electron chi connectivity index (χ4n) is 1.16. The van der Waals surface area contributed by atoms with Crippen molar-refractivity contribution >= 4 is 17.8 Å². The average Bonchev–Trinajstić information content (AvgIpc) is 2.43. The Kier molecular flexibility index (Phi) is 5.52. The van der Waals surface area contributed by atoms with Gasteiger partial charge in [0.05, 0.1) is 7.11 Å². The average molecular weight is 267 g/mol. The van der Waals surface area contributed by atoms with E-state index in [0.29, 0.717) is 18.9 Å². The number of ether oxygens (including phenoxy) is 1. The molecule has 0 saturated carbocycles. The maximum absolute atomic E-state index is 11.2. The summed E-state index contributed by atoms with van der Waals surface area (Å²) in [7, 11) is 4.61. The maximum Gasteiger partial charge on any atom is 0.358 e. The highest BCUT2D eigenvalue weighted by Crippen LogP contribution is 2.02. The largest absolute Gasteiger partial charge is 0.464 e. The highest BCUT2D eigenvalue weighted by molar-refractivity contribution is 5.86. The van der Waals surface area contributed by atoms with Crippen LogP contribution in [-0.4, -0.2) is 61.4 Å². The van der Waals surface area contributed by atoms with Crippen molar-refractivity contribution in [1.82, 2.24) is 20.4 Å². The first-order valence-corrected chi connectivity index (χ1v) is 5.65. The van der Waals surface area contributed by atoms with Crippen LogP contribution in [0.25, 0.3) is 0 Å². The third kappa shape index (κ3) is 4.78. The van der Waals surface area contributed by atoms with E-state index in [0.717, 1.165) is 0 Å². The number of carbonyl (C=O) groups excluding carboxylic acids is 2. The highest BCUT2D eigenvalue weighted by Gasteiger charge is 2.07. The summed E-state index contributed by atoms with van der Waals surface area (Å²) in [6.07, 6.45) is 0. The second-order valence-corrected chi connectivity index (χ2v) is 3.85. The minimum absolute atomic E-state index is 0.147. The number of amides is 2. The Morgan fingerprint density at radius 1 is 1.26 bits per heavy atom. The zero-order valence-corrected chi connectivity index (χ0v) is 11.1. The summed E-state index contributed by atoms with van der Waals surface area (Å²) in [5.74, 6) is -0.0101. The van der Waals surface area contributed by atoms with E-state index in [1.54, 1.807) is 20.2 Å². The number of anilines is 1. The van der Waals surface area contributed by atoms with Crippen molar-refractivity contribution < 1.29 is 14.3 Å². The number of nitrogens with one attached hydrogen (secondary N) is 2. The van der Waals surface area contributed by atoms with Crippen LogP contribution in [0.1, 0.15) is 10.5 Å². The SMILES string of the molecule is COC(=O)c1ccc(NCCNC(=O)N(C)C)nn1. The van der Waals surface area contributed by atoms with Gasteiger partial charge in [-0.1, -0.05) is 0 Å². The molecule has 0 aliphatic rings. The van der Waals surface area contributed by atoms with E-state index in [2.05, 4.69) is 25.6 Å². The van der Waals surface area contributed by atoms with Crippen LogP contribution in [0.4, 0.5) is 10.6 Å². The van der Waals surface area contributed by atoms with Crippen LogP contribution in [-0.2, 0) is 4.74 Å². The molecule has 1 aromatic rings. The number of hydrogen-bond acceptors (Lipinski definition) is 6. The molecule has 0 aromatic carbocycles. The first kappa shape index (κ1) is 14.7. The van der Waals surface area contributed by atoms with E-state index in [9.17, 15) is 9.59 Å². The Bertz CT molecular complexity index is 432. The molecule has 0 atom stereocenters. The molecule has 0 radical (unpaired) electrons. The lowest BCUT2D eigenvalue weighted by Gasteiger charge is -2.12. The molecule has 0 aliphatic carbocycles. The van der Waals surface area contributed by atoms with Gasteiger partial charge in [0.1, 0.15) is 5.82 Å². The van der Waals surface area contributed by atoms with E-state index in [-0.39, 0.29) is 11.7 Å². The molecule has 8 heteroatoms. The van der Waals surface area contributed by atoms with Gasteiger partial charge >= 0.3 is 12.0 Å². The van der Waals surface area contributed by atoms with Crippen molar-refractivity contribution in [2.24, 2.45) is 0 Å². The molecule has 104 valence electrons. The van der Waals surface area contributed by atoms with Crippen molar-refractivity contribution in [2.75, 3.05) is 39.6 Å². The molecule has 1 rings (SSSR count). The van der Waals surface area contributed by atoms with Crippen LogP contribution in [0.3, 0.4) is 0 Å². The molecule has 8 nitrogen and oxygen atoms in total. The lowest BCUT2D eigenvalue weighted by molar-refractivity contribution is 0.0592. The maximum atomic E-state index is 11.2. The summed E-state index contributed by atoms with van der Waals surface area (Å²) < 4.78 is 4.51. The van der Waals surface area contributed by atoms with Gasteiger partial charge in [0, 0.05) is 27.2 Å². The molecule has 0 bridgehead atoms. The Hall–Kier alpha value is -2.38. The van der Waals surface area contributed by atoms with Crippen LogP contribution in [0.2, 0.25) is 0 Å². The van der Waals surface area contributed by atoms with Crippen LogP contribution < -0.4 is 10.6 Å². The van der Waals surface area contributed by atoms with Crippen LogP contribution >= 0.6 is 0 Å². The number of carbonyl (C=O) groups is 2. The number of aromatic nitrogens is 2. The smallest absolute Gasteiger partial charge is 0.358 e. The predicted octanol–water partition coefficient (Wildman–Crippen LogP) is -0.0537. The number of rotatable bonds is 5. The molecule has 0 unspecified atom stereocenters. The van der Waals surface area contributed by atoms with Gasteiger partial charge < -0.3 is 20.3 Å². The fraction of sp³-hybridized carbons (Fsp3) is 0.455. The Labute approximate surface area is 111 Å². The molecule has 0 aliphatic heterocycles. The molecule has 19 heavy (non-hydrogen) atoms. The minimum atomic E-state index is -0.530. The standard InChI is InChI=1S/C11H17N5O3/c1-16(2)11(18)13-7-6-12-9-5-4-8(14-15-9)10(17)19-3/h4-5H,6-7H2,1-3H3,(H,12,15)(H,13,18). The molecular formula is C11H17N5O3. The monoisotopic (exact) mass is 267 g/mol. The Morgan fingerprint density at radius 2 is 2.00 bits per heavy atom. The Balaban J connectivity index is 2.34. The van der Waals surface area contributed by atoms with Gasteiger partial charge in [-0.15, -0.1) is 10.2 Å². The van der Waals surface area contributed by atoms with Gasteiger partial charge in [-0.3, -0.25) is 0 Å². The number of esters is 1. The molecule has 0 saturated heterocycles. The fourth-order valence-corrected chi connectivity index (χ4v) is 1.16. The number of urea groups is 1. The normalized spacial score (nSPS) is 9.63. The van der Waals surface area contributed by atoms with Gasteiger partial charge in [0.2, 0.25) is 0 Å². The number of hydrogen-bond donors (Lipinski definition) is 2. The Morgan fingerprint density at radius 3 is 2.53 bits per heavy atom. The summed E-state index contributed by atoms with van der Waals surface area (Å²) in [5, 5.41) is 13.2. The summed E-state index contributed by atoms with van der Waals surface area (Å²) in [4.78, 5) is 23.8. The first-order chi connectivity index (χ1) is 9.04. The summed E-state index contributed by atoms with van der Waals surface area (Å²) >= 11 is 0. The van der Waals surface area contributed by atoms with Crippen LogP contribution in [0.5, 0.6) is 0 Å². The second kappa shape index (κ2) is 7.14. The van der Waals surface area contributed by atoms with Crippen molar-refractivity contribution in [3.05, 3.63) is 17.8 Å². The van der Waals surface area contributed by atoms with E-state index >= 15 is 0 Å². The summed E-state index contributed by atoms with van der Waals surface area (Å²) in [6.45, 7) is 0.962. The zero-order valence-electron chi connectivity index (χ0n) is 11.1. The summed E-state index contributed by atoms with van der Waals surface area (Å²) in [5.41, 5.74) is 0.147. The molecule has 0 fully saturated rings. The topological polar surface area (TPSA) is 96.5 Å². The predicted molar refractivity (Wildman–Crippen MR) is 68.9 cm³/mol. The van der Waals surface area contributed by atoms with Gasteiger partial charge in [0.15, 0.2) is 5.69 Å². The summed E-state index contributed by atoms with van der Waals surface area (Å²) in [6, 6.07) is 2.97. The molecule has 2 N–H and O–H groups in total. The van der Waals surface area contributed by atoms with E-state index in [1.165, 1.54) is 18.1 Å². The third-order valence-electron chi connectivity index (χ3n) is 2.17. The lowest BCUT2D eigenvalue weighted by Crippen LogP contribution is -2.37. The van der Waals surface area contributed by atoms with Crippen molar-refractivity contribution in [3.63, 3.8) is 0 Å². The van der Waals surface area contributed by atoms with E-state index in [4.69, 9.17) is 0 Å². The van der Waals surface area contributed by atoms with Crippen LogP contribution in [0.15, 0.2) is 12.1 Å². The van der Waals surface area contributed by atoms with Crippen molar-refractivity contribution in [3.8, 4) is 0 Å². The minimum Gasteiger partial charge on any atom is -0.464 e. The number of methoxy groups -OCH3 is 1. The van der Waals surface area contributed by atoms with Gasteiger partial charge in [0.25, 0.3) is 0 Å². The number of nitrogens with zero attached hydrogens (tertiary/aromatic N) is 3. The lowest BCUT2D eigenvalue weighted by atomic mass is 10.4. The molecule has 0 spiro atoms. The third-order valence-corrected chi connectivity index (χ3v) is 2.17. The highest BCUT2D eigenvalue weighted by atomic mass is 16.5. The molecule has 2 amide bonds. The quantitative estimate of drug-likeness (QED) is 0.573. The van der Waals surface area contributed by atoms with Gasteiger partial charge in [-0.25, -0.2) is 9.59 Å². The van der Waals surface area contributed by atoms with E-state index in [1.807, 2.05) is 0 Å².